The van der Waals surface area contributed by atoms with Crippen molar-refractivity contribution in [3.05, 3.63) is 127 Å². The van der Waals surface area contributed by atoms with Crippen LogP contribution in [0, 0.1) is 26.1 Å². The number of carbonyl (C=O) groups excluding carboxylic acids is 3. The quantitative estimate of drug-likeness (QED) is 0.0443. The summed E-state index contributed by atoms with van der Waals surface area (Å²) in [6, 6.07) is 7.45. The van der Waals surface area contributed by atoms with Gasteiger partial charge in [-0.1, -0.05) is 72.7 Å². The first-order chi connectivity index (χ1) is 30.7. The number of aromatic nitrogens is 4. The van der Waals surface area contributed by atoms with E-state index in [9.17, 15) is 44.8 Å². The first-order valence-corrected chi connectivity index (χ1v) is 21.3. The second-order valence-electron chi connectivity index (χ2n) is 14.0. The minimum Gasteiger partial charge on any atom is -0.506 e. The van der Waals surface area contributed by atoms with Crippen molar-refractivity contribution in [1.82, 2.24) is 14.5 Å². The Morgan fingerprint density at radius 2 is 1.24 bits per heavy atom. The third-order valence-electron chi connectivity index (χ3n) is 9.21. The number of ketones is 2. The van der Waals surface area contributed by atoms with E-state index in [2.05, 4.69) is 45.9 Å². The number of nitrogens with zero attached hydrogens (tertiary/aromatic N) is 12. The molecule has 1 radical (unpaired) electrons. The minimum atomic E-state index is -0.583. The van der Waals surface area contributed by atoms with Gasteiger partial charge < -0.3 is 35.7 Å². The Morgan fingerprint density at radius 1 is 0.773 bits per heavy atom. The molecule has 0 unspecified atom stereocenters. The molecule has 4 aromatic rings. The molecule has 0 saturated heterocycles. The van der Waals surface area contributed by atoms with E-state index in [4.69, 9.17) is 0 Å². The van der Waals surface area contributed by atoms with Crippen LogP contribution in [-0.2, 0) is 62.3 Å². The number of benzene rings is 1. The second-order valence-corrected chi connectivity index (χ2v) is 16.0. The Balaban J connectivity index is 0.000000247. The number of aliphatic hydroxyl groups excluding tert-OH is 2. The van der Waals surface area contributed by atoms with Crippen LogP contribution in [-0.4, -0.2) is 53.5 Å². The van der Waals surface area contributed by atoms with Crippen molar-refractivity contribution in [3.8, 4) is 0 Å². The Kier molecular flexibility index (Phi) is 22.0. The zero-order chi connectivity index (χ0) is 46.0. The van der Waals surface area contributed by atoms with Crippen molar-refractivity contribution in [2.24, 2.45) is 50.6 Å². The molecule has 0 spiro atoms. The predicted molar refractivity (Wildman–Crippen MR) is 235 cm³/mol. The molecular formula is C40H42CoFeN13O9S2-. The molecule has 351 valence electrons. The standard InChI is InChI=1S/C17H21N5O.2C9H6N4O4S.C5H10.Co.Fe/c1-21-11-12-22(2)17(21)20-19-15-9-7-14(8-10-15)18-16(23)13-5-3-4-6-13;2*14-5-1-2-6(7(15)3-5)11-12-9-10-4-8(18-9)13(16)17;1-2-4-5-3-1;;/h7-13H,3-6H2,1-2H3;2*1-4H,(H2,10,12,14,15);1-5H2;;/p-1. The van der Waals surface area contributed by atoms with Crippen LogP contribution in [0.15, 0.2) is 128 Å². The summed E-state index contributed by atoms with van der Waals surface area (Å²) in [7, 11) is 3.85. The molecule has 22 nitrogen and oxygen atoms in total. The number of imidazole rings is 1. The van der Waals surface area contributed by atoms with Gasteiger partial charge in [0, 0.05) is 84.7 Å². The number of carbonyl (C=O) groups is 3. The van der Waals surface area contributed by atoms with Gasteiger partial charge in [0.15, 0.2) is 11.6 Å². The largest absolute Gasteiger partial charge is 0.506 e. The molecule has 3 aromatic heterocycles. The van der Waals surface area contributed by atoms with Crippen molar-refractivity contribution in [3.63, 3.8) is 0 Å². The predicted octanol–water partition coefficient (Wildman–Crippen LogP) is 6.24. The van der Waals surface area contributed by atoms with Crippen LogP contribution in [0.2, 0.25) is 0 Å². The van der Waals surface area contributed by atoms with Gasteiger partial charge in [0.05, 0.1) is 36.3 Å². The van der Waals surface area contributed by atoms with E-state index in [0.29, 0.717) is 0 Å². The van der Waals surface area contributed by atoms with Crippen LogP contribution in [0.25, 0.3) is 0 Å². The summed E-state index contributed by atoms with van der Waals surface area (Å²) in [5, 5.41) is 65.3. The van der Waals surface area contributed by atoms with Gasteiger partial charge in [-0.15, -0.1) is 0 Å². The molecule has 0 atom stereocenters. The van der Waals surface area contributed by atoms with Crippen LogP contribution >= 0.6 is 22.7 Å². The summed E-state index contributed by atoms with van der Waals surface area (Å²) in [6.07, 6.45) is 24.9. The number of hydrogen-bond acceptors (Lipinski definition) is 17. The van der Waals surface area contributed by atoms with Crippen LogP contribution in [0.1, 0.15) is 57.8 Å². The Hall–Kier alpha value is -6.57. The number of thiazole rings is 2. The normalized spacial score (nSPS) is 17.1. The zero-order valence-electron chi connectivity index (χ0n) is 35.1. The molecule has 8 rings (SSSR count). The minimum absolute atomic E-state index is 0. The van der Waals surface area contributed by atoms with Crippen LogP contribution < -0.4 is 29.5 Å². The number of hydrogen-bond donors (Lipinski definition) is 3. The maximum atomic E-state index is 12.1. The molecule has 0 aliphatic heterocycles. The summed E-state index contributed by atoms with van der Waals surface area (Å²) in [6.45, 7) is 0. The van der Waals surface area contributed by atoms with Gasteiger partial charge in [0.2, 0.25) is 5.91 Å². The fourth-order valence-electron chi connectivity index (χ4n) is 5.90. The number of azo groups is 1. The Morgan fingerprint density at radius 3 is 1.64 bits per heavy atom. The van der Waals surface area contributed by atoms with Gasteiger partial charge in [0.1, 0.15) is 28.6 Å². The SMILES string of the molecule is C1CCCC1.Cn1cc[n+](C)c1N=Nc1ccc(NC(=O)C2CCCC2)cc1.O=C1C=CC(=NN=c2[n-]cc([N+](=O)[O-])s2)C(O)=C1.O=C1C=CC(=NN=c2[n-]cc([N+](=O)[O-])s2)C(O)=C1.[Co].[Fe]. The van der Waals surface area contributed by atoms with Gasteiger partial charge in [-0.25, -0.2) is 9.13 Å². The van der Waals surface area contributed by atoms with Crippen LogP contribution in [0.4, 0.5) is 27.3 Å². The molecular weight excluding hydrogens is 985 g/mol. The fraction of sp³-hybridized carbons (Fsp3) is 0.300. The maximum absolute atomic E-state index is 12.1. The van der Waals surface area contributed by atoms with Gasteiger partial charge >= 0.3 is 16.0 Å². The van der Waals surface area contributed by atoms with Crippen molar-refractivity contribution >= 4 is 78.9 Å². The smallest absolute Gasteiger partial charge is 0.421 e. The zero-order valence-corrected chi connectivity index (χ0v) is 38.9. The van der Waals surface area contributed by atoms with E-state index in [1.807, 2.05) is 59.9 Å². The molecule has 0 bridgehead atoms. The second kappa shape index (κ2) is 27.0. The van der Waals surface area contributed by atoms with Crippen molar-refractivity contribution in [1.29, 1.82) is 0 Å². The van der Waals surface area contributed by atoms with Gasteiger partial charge in [-0.3, -0.25) is 44.8 Å². The van der Waals surface area contributed by atoms with Crippen molar-refractivity contribution in [2.45, 2.75) is 57.8 Å². The molecule has 4 aliphatic carbocycles. The number of aliphatic hydroxyl groups is 2. The summed E-state index contributed by atoms with van der Waals surface area (Å²) in [5.41, 5.74) is 1.75. The topological polar surface area (TPSA) is 301 Å². The molecule has 2 saturated carbocycles. The van der Waals surface area contributed by atoms with Gasteiger partial charge in [-0.05, 0) is 61.4 Å². The molecule has 26 heteroatoms. The van der Waals surface area contributed by atoms with Crippen molar-refractivity contribution < 1.29 is 72.9 Å². The average molecular weight is 1030 g/mol. The third kappa shape index (κ3) is 17.1. The van der Waals surface area contributed by atoms with E-state index in [-0.39, 0.29) is 99.8 Å². The number of nitro groups is 2. The molecule has 2 fully saturated rings. The molecule has 66 heavy (non-hydrogen) atoms. The number of anilines is 1. The number of rotatable bonds is 8. The molecule has 1 aromatic carbocycles. The molecule has 3 N–H and O–H groups in total. The summed E-state index contributed by atoms with van der Waals surface area (Å²) in [4.78, 5) is 61.0. The molecule has 1 amide bonds. The summed E-state index contributed by atoms with van der Waals surface area (Å²) < 4.78 is 3.80. The fourth-order valence-corrected chi connectivity index (χ4v) is 7.00. The Labute approximate surface area is 404 Å². The first-order valence-electron chi connectivity index (χ1n) is 19.6. The van der Waals surface area contributed by atoms with Crippen LogP contribution in [0.5, 0.6) is 0 Å². The van der Waals surface area contributed by atoms with Gasteiger partial charge in [-0.2, -0.15) is 0 Å². The number of aryl methyl sites for hydroxylation is 2. The third-order valence-corrected chi connectivity index (χ3v) is 10.9. The maximum Gasteiger partial charge on any atom is 0.421 e. The first kappa shape index (κ1) is 53.8. The van der Waals surface area contributed by atoms with E-state index < -0.39 is 9.85 Å². The van der Waals surface area contributed by atoms with E-state index in [1.54, 1.807) is 0 Å². The van der Waals surface area contributed by atoms with E-state index >= 15 is 0 Å². The molecule has 4 aliphatic rings. The summed E-state index contributed by atoms with van der Waals surface area (Å²) in [5.74, 6) is -0.245. The number of allylic oxidation sites excluding steroid dienone is 6. The summed E-state index contributed by atoms with van der Waals surface area (Å²) >= 11 is 1.51. The number of amides is 1. The average Bonchev–Trinajstić information content (AvgIpc) is 4.13. The number of nitrogens with one attached hydrogen (secondary N) is 1. The van der Waals surface area contributed by atoms with Crippen LogP contribution in [0.3, 0.4) is 0 Å². The van der Waals surface area contributed by atoms with Crippen molar-refractivity contribution in [2.75, 3.05) is 5.32 Å². The van der Waals surface area contributed by atoms with E-state index in [0.717, 1.165) is 90.2 Å². The monoisotopic (exact) mass is 1030 g/mol. The van der Waals surface area contributed by atoms with Gasteiger partial charge in [0.25, 0.3) is 0 Å². The Bertz CT molecular complexity index is 2570. The molecule has 3 heterocycles. The van der Waals surface area contributed by atoms with E-state index in [1.165, 1.54) is 56.4 Å².